The van der Waals surface area contributed by atoms with E-state index < -0.39 is 12.0 Å². The lowest BCUT2D eigenvalue weighted by Crippen LogP contribution is -2.47. The molecule has 27 heavy (non-hydrogen) atoms. The lowest BCUT2D eigenvalue weighted by molar-refractivity contribution is -0.145. The normalized spacial score (nSPS) is 18.7. The number of carboxylic acid groups (broad SMARTS) is 1. The number of aliphatic carboxylic acids is 1. The molecule has 1 aromatic heterocycles. The summed E-state index contributed by atoms with van der Waals surface area (Å²) in [5.74, 6) is 0.645. The van der Waals surface area contributed by atoms with Gasteiger partial charge in [-0.1, -0.05) is 6.42 Å². The minimum Gasteiger partial charge on any atom is -0.497 e. The van der Waals surface area contributed by atoms with Crippen LogP contribution < -0.4 is 9.47 Å². The smallest absolute Gasteiger partial charge is 0.320 e. The summed E-state index contributed by atoms with van der Waals surface area (Å²) < 4.78 is 11.1. The number of methoxy groups -OCH3 is 2. The van der Waals surface area contributed by atoms with Crippen LogP contribution in [0.3, 0.4) is 0 Å². The van der Waals surface area contributed by atoms with Gasteiger partial charge in [-0.2, -0.15) is 0 Å². The van der Waals surface area contributed by atoms with Gasteiger partial charge in [0.25, 0.3) is 0 Å². The first-order chi connectivity index (χ1) is 13.1. The zero-order valence-corrected chi connectivity index (χ0v) is 16.0. The number of likely N-dealkylation sites (tertiary alicyclic amines) is 1. The number of ether oxygens (including phenoxy) is 2. The van der Waals surface area contributed by atoms with E-state index in [0.717, 1.165) is 29.5 Å². The van der Waals surface area contributed by atoms with Crippen molar-refractivity contribution in [3.63, 3.8) is 0 Å². The molecule has 1 aliphatic rings. The fourth-order valence-electron chi connectivity index (χ4n) is 3.90. The summed E-state index contributed by atoms with van der Waals surface area (Å²) in [4.78, 5) is 18.3. The number of piperidine rings is 1. The maximum atomic E-state index is 12.0. The molecule has 6 nitrogen and oxygen atoms in total. The Morgan fingerprint density at radius 1 is 1.22 bits per heavy atom. The molecule has 0 spiro atoms. The average molecular weight is 370 g/mol. The Hall–Kier alpha value is -2.60. The van der Waals surface area contributed by atoms with E-state index in [0.29, 0.717) is 24.5 Å². The molecule has 6 heteroatoms. The van der Waals surface area contributed by atoms with Gasteiger partial charge in [0.15, 0.2) is 0 Å². The topological polar surface area (TPSA) is 71.9 Å². The van der Waals surface area contributed by atoms with Crippen LogP contribution >= 0.6 is 0 Å². The summed E-state index contributed by atoms with van der Waals surface area (Å²) in [6.07, 6.45) is 6.10. The van der Waals surface area contributed by atoms with Crippen molar-refractivity contribution < 1.29 is 19.4 Å². The molecule has 1 saturated heterocycles. The predicted octanol–water partition coefficient (Wildman–Crippen LogP) is 3.44. The fraction of sp³-hybridized carbons (Fsp3) is 0.429. The highest BCUT2D eigenvalue weighted by molar-refractivity contribution is 5.74. The Bertz CT molecular complexity index is 809. The molecule has 2 unspecified atom stereocenters. The minimum atomic E-state index is -0.784. The molecule has 0 radical (unpaired) electrons. The molecule has 1 aliphatic heterocycles. The highest BCUT2D eigenvalue weighted by Crippen LogP contribution is 2.40. The Morgan fingerprint density at radius 2 is 2.04 bits per heavy atom. The number of carboxylic acids is 1. The van der Waals surface area contributed by atoms with Crippen molar-refractivity contribution in [3.8, 4) is 11.5 Å². The molecule has 144 valence electrons. The molecule has 0 amide bonds. The number of rotatable bonds is 6. The van der Waals surface area contributed by atoms with E-state index in [4.69, 9.17) is 9.47 Å². The van der Waals surface area contributed by atoms with Crippen molar-refractivity contribution in [2.24, 2.45) is 0 Å². The molecule has 1 fully saturated rings. The lowest BCUT2D eigenvalue weighted by Gasteiger charge is -2.40. The van der Waals surface area contributed by atoms with Crippen LogP contribution in [-0.2, 0) is 4.79 Å². The molecule has 1 N–H and O–H groups in total. The minimum absolute atomic E-state index is 0.251. The fourth-order valence-corrected chi connectivity index (χ4v) is 3.90. The molecule has 0 bridgehead atoms. The Labute approximate surface area is 159 Å². The molecule has 0 aliphatic carbocycles. The van der Waals surface area contributed by atoms with Gasteiger partial charge in [-0.15, -0.1) is 0 Å². The van der Waals surface area contributed by atoms with E-state index in [1.165, 1.54) is 0 Å². The summed E-state index contributed by atoms with van der Waals surface area (Å²) in [5.41, 5.74) is 2.95. The summed E-state index contributed by atoms with van der Waals surface area (Å²) in [6, 6.07) is 6.84. The number of nitrogens with zero attached hydrogens (tertiary/aromatic N) is 2. The first kappa shape index (κ1) is 19.2. The molecular weight excluding hydrogens is 344 g/mol. The molecule has 1 aromatic carbocycles. The van der Waals surface area contributed by atoms with Gasteiger partial charge in [0.05, 0.1) is 20.3 Å². The van der Waals surface area contributed by atoms with Crippen LogP contribution in [0.1, 0.15) is 42.0 Å². The largest absolute Gasteiger partial charge is 0.497 e. The van der Waals surface area contributed by atoms with E-state index in [2.05, 4.69) is 9.88 Å². The van der Waals surface area contributed by atoms with Crippen LogP contribution in [-0.4, -0.2) is 47.8 Å². The van der Waals surface area contributed by atoms with Gasteiger partial charge in [-0.05, 0) is 61.7 Å². The Kier molecular flexibility index (Phi) is 5.96. The lowest BCUT2D eigenvalue weighted by atomic mass is 9.89. The van der Waals surface area contributed by atoms with Crippen molar-refractivity contribution in [2.75, 3.05) is 20.8 Å². The molecule has 3 rings (SSSR count). The predicted molar refractivity (Wildman–Crippen MR) is 102 cm³/mol. The van der Waals surface area contributed by atoms with E-state index in [9.17, 15) is 9.90 Å². The summed E-state index contributed by atoms with van der Waals surface area (Å²) >= 11 is 0. The van der Waals surface area contributed by atoms with Gasteiger partial charge in [0.2, 0.25) is 0 Å². The quantitative estimate of drug-likeness (QED) is 0.840. The van der Waals surface area contributed by atoms with Crippen LogP contribution in [0.5, 0.6) is 11.5 Å². The standard InChI is InChI=1S/C21H26N2O4/c1-14-13-22-10-9-16(14)20(23-11-5-4-6-18(23)21(24)25)17-12-15(26-2)7-8-19(17)27-3/h7-10,12-13,18,20H,4-6,11H2,1-3H3,(H,24,25). The Balaban J connectivity index is 2.20. The van der Waals surface area contributed by atoms with Gasteiger partial charge in [-0.25, -0.2) is 0 Å². The van der Waals surface area contributed by atoms with Gasteiger partial charge >= 0.3 is 5.97 Å². The number of pyridine rings is 1. The van der Waals surface area contributed by atoms with Crippen molar-refractivity contribution >= 4 is 5.97 Å². The zero-order valence-electron chi connectivity index (χ0n) is 16.0. The third kappa shape index (κ3) is 3.90. The average Bonchev–Trinajstić information content (AvgIpc) is 2.69. The van der Waals surface area contributed by atoms with Crippen LogP contribution in [0.25, 0.3) is 0 Å². The van der Waals surface area contributed by atoms with E-state index in [-0.39, 0.29) is 6.04 Å². The van der Waals surface area contributed by atoms with E-state index in [1.54, 1.807) is 20.4 Å². The van der Waals surface area contributed by atoms with Crippen molar-refractivity contribution in [2.45, 2.75) is 38.3 Å². The number of hydrogen-bond donors (Lipinski definition) is 1. The van der Waals surface area contributed by atoms with Crippen LogP contribution in [0.4, 0.5) is 0 Å². The molecule has 2 aromatic rings. The summed E-state index contributed by atoms with van der Waals surface area (Å²) in [6.45, 7) is 2.71. The molecule has 0 saturated carbocycles. The third-order valence-electron chi connectivity index (χ3n) is 5.25. The van der Waals surface area contributed by atoms with Crippen molar-refractivity contribution in [1.29, 1.82) is 0 Å². The monoisotopic (exact) mass is 370 g/mol. The zero-order chi connectivity index (χ0) is 19.4. The summed E-state index contributed by atoms with van der Waals surface area (Å²) in [7, 11) is 3.26. The number of aryl methyl sites for hydroxylation is 1. The third-order valence-corrected chi connectivity index (χ3v) is 5.25. The highest BCUT2D eigenvalue weighted by Gasteiger charge is 2.37. The molecular formula is C21H26N2O4. The second kappa shape index (κ2) is 8.39. The first-order valence-electron chi connectivity index (χ1n) is 9.17. The number of aromatic nitrogens is 1. The SMILES string of the molecule is COc1ccc(OC)c(C(c2ccncc2C)N2CCCCC2C(=O)O)c1. The number of benzene rings is 1. The van der Waals surface area contributed by atoms with Gasteiger partial charge in [0.1, 0.15) is 17.5 Å². The van der Waals surface area contributed by atoms with Crippen LogP contribution in [0.15, 0.2) is 36.7 Å². The highest BCUT2D eigenvalue weighted by atomic mass is 16.5. The van der Waals surface area contributed by atoms with Crippen LogP contribution in [0, 0.1) is 6.92 Å². The maximum absolute atomic E-state index is 12.0. The second-order valence-corrected chi connectivity index (χ2v) is 6.83. The van der Waals surface area contributed by atoms with Gasteiger partial charge < -0.3 is 14.6 Å². The van der Waals surface area contributed by atoms with Crippen LogP contribution in [0.2, 0.25) is 0 Å². The second-order valence-electron chi connectivity index (χ2n) is 6.83. The Morgan fingerprint density at radius 3 is 2.70 bits per heavy atom. The maximum Gasteiger partial charge on any atom is 0.320 e. The first-order valence-corrected chi connectivity index (χ1v) is 9.17. The van der Waals surface area contributed by atoms with Gasteiger partial charge in [-0.3, -0.25) is 14.7 Å². The van der Waals surface area contributed by atoms with E-state index in [1.807, 2.05) is 37.4 Å². The van der Waals surface area contributed by atoms with Crippen molar-refractivity contribution in [1.82, 2.24) is 9.88 Å². The molecule has 2 atom stereocenters. The molecule has 2 heterocycles. The number of hydrogen-bond acceptors (Lipinski definition) is 5. The number of carbonyl (C=O) groups is 1. The summed E-state index contributed by atoms with van der Waals surface area (Å²) in [5, 5.41) is 9.84. The van der Waals surface area contributed by atoms with Crippen molar-refractivity contribution in [3.05, 3.63) is 53.3 Å². The van der Waals surface area contributed by atoms with E-state index >= 15 is 0 Å². The van der Waals surface area contributed by atoms with Gasteiger partial charge in [0, 0.05) is 18.0 Å².